The Hall–Kier alpha value is -1.86. The van der Waals surface area contributed by atoms with Gasteiger partial charge in [-0.15, -0.1) is 0 Å². The summed E-state index contributed by atoms with van der Waals surface area (Å²) in [7, 11) is 0. The van der Waals surface area contributed by atoms with Gasteiger partial charge in [0.05, 0.1) is 16.6 Å². The van der Waals surface area contributed by atoms with Crippen molar-refractivity contribution in [1.29, 1.82) is 5.26 Å². The molecule has 0 amide bonds. The number of benzene rings is 1. The summed E-state index contributed by atoms with van der Waals surface area (Å²) >= 11 is 5.32. The molecule has 0 fully saturated rings. The van der Waals surface area contributed by atoms with Crippen LogP contribution in [0.25, 0.3) is 6.08 Å². The van der Waals surface area contributed by atoms with Crippen LogP contribution in [0, 0.1) is 21.4 Å². The van der Waals surface area contributed by atoms with Crippen molar-refractivity contribution in [3.8, 4) is 6.07 Å². The van der Waals surface area contributed by atoms with E-state index in [1.165, 1.54) is 12.1 Å². The lowest BCUT2D eigenvalue weighted by molar-refractivity contribution is -0.410. The highest BCUT2D eigenvalue weighted by atomic mass is 35.5. The molecule has 0 radical (unpaired) electrons. The number of nitro groups is 1. The number of halogens is 1. The fourth-order valence-electron chi connectivity index (χ4n) is 0.888. The molecule has 0 aliphatic heterocycles. The van der Waals surface area contributed by atoms with Crippen LogP contribution in [0.5, 0.6) is 0 Å². The third-order valence-corrected chi connectivity index (χ3v) is 1.72. The predicted octanol–water partition coefficient (Wildman–Crippen LogP) is 2.37. The molecule has 70 valence electrons. The molecule has 0 heterocycles. The van der Waals surface area contributed by atoms with E-state index in [0.29, 0.717) is 11.1 Å². The molecule has 0 aromatic heterocycles. The van der Waals surface area contributed by atoms with Crippen LogP contribution in [0.3, 0.4) is 0 Å². The van der Waals surface area contributed by atoms with E-state index in [9.17, 15) is 10.1 Å². The molecule has 5 heteroatoms. The molecule has 1 aromatic carbocycles. The molecule has 0 bridgehead atoms. The zero-order valence-corrected chi connectivity index (χ0v) is 7.73. The van der Waals surface area contributed by atoms with Gasteiger partial charge in [-0.3, -0.25) is 10.1 Å². The summed E-state index contributed by atoms with van der Waals surface area (Å²) in [6.45, 7) is 0. The maximum atomic E-state index is 10.2. The van der Waals surface area contributed by atoms with Gasteiger partial charge in [0.2, 0.25) is 0 Å². The summed E-state index contributed by atoms with van der Waals surface area (Å²) in [6.07, 6.45) is 1.20. The highest BCUT2D eigenvalue weighted by Crippen LogP contribution is 2.11. The molecule has 4 nitrogen and oxygen atoms in total. The summed E-state index contributed by atoms with van der Waals surface area (Å²) in [5, 5.41) is 18.3. The number of hydrogen-bond acceptors (Lipinski definition) is 3. The van der Waals surface area contributed by atoms with Gasteiger partial charge in [0.1, 0.15) is 0 Å². The smallest absolute Gasteiger partial charge is 0.257 e. The minimum Gasteiger partial charge on any atom is -0.257 e. The van der Waals surface area contributed by atoms with E-state index in [2.05, 4.69) is 0 Å². The quantitative estimate of drug-likeness (QED) is 0.426. The van der Waals surface area contributed by atoms with Crippen LogP contribution in [-0.2, 0) is 0 Å². The minimum absolute atomic E-state index is 0.437. The molecule has 0 atom stereocenters. The number of hydrogen-bond donors (Lipinski definition) is 0. The molecule has 0 saturated carbocycles. The van der Waals surface area contributed by atoms with E-state index in [0.717, 1.165) is 0 Å². The lowest BCUT2D eigenvalue weighted by Gasteiger charge is -1.92. The normalized spacial score (nSPS) is 10.7. The van der Waals surface area contributed by atoms with Crippen LogP contribution in [-0.4, -0.2) is 4.92 Å². The first-order valence-corrected chi connectivity index (χ1v) is 4.03. The average Bonchev–Trinajstić information content (AvgIpc) is 2.18. The van der Waals surface area contributed by atoms with Gasteiger partial charge in [0.15, 0.2) is 0 Å². The molecule has 0 N–H and O–H groups in total. The maximum Gasteiger partial charge on any atom is 0.337 e. The van der Waals surface area contributed by atoms with Crippen LogP contribution in [0.1, 0.15) is 11.1 Å². The van der Waals surface area contributed by atoms with Crippen molar-refractivity contribution in [1.82, 2.24) is 0 Å². The van der Waals surface area contributed by atoms with Gasteiger partial charge in [0, 0.05) is 6.08 Å². The van der Waals surface area contributed by atoms with E-state index in [-0.39, 0.29) is 0 Å². The highest BCUT2D eigenvalue weighted by Gasteiger charge is 2.04. The van der Waals surface area contributed by atoms with Gasteiger partial charge in [-0.05, 0) is 29.3 Å². The number of rotatable bonds is 2. The second-order valence-electron chi connectivity index (χ2n) is 2.46. The van der Waals surface area contributed by atoms with Gasteiger partial charge in [0.25, 0.3) is 0 Å². The standard InChI is InChI=1S/C9H5ClN2O2/c10-9(12(13)14)5-7-2-1-3-8(4-7)6-11/h1-5H/b9-5+. The van der Waals surface area contributed by atoms with Gasteiger partial charge in [-0.2, -0.15) is 5.26 Å². The molecular formula is C9H5ClN2O2. The maximum absolute atomic E-state index is 10.2. The van der Waals surface area contributed by atoms with E-state index in [4.69, 9.17) is 16.9 Å². The largest absolute Gasteiger partial charge is 0.337 e. The first-order chi connectivity index (χ1) is 6.63. The molecule has 0 aliphatic carbocycles. The Bertz CT molecular complexity index is 435. The zero-order valence-electron chi connectivity index (χ0n) is 6.98. The SMILES string of the molecule is N#Cc1cccc(/C=C(\Cl)[N+](=O)[O-])c1. The van der Waals surface area contributed by atoms with Crippen molar-refractivity contribution >= 4 is 17.7 Å². The summed E-state index contributed by atoms with van der Waals surface area (Å²) in [6, 6.07) is 8.32. The molecule has 0 saturated heterocycles. The van der Waals surface area contributed by atoms with Crippen LogP contribution < -0.4 is 0 Å². The van der Waals surface area contributed by atoms with Crippen LogP contribution in [0.15, 0.2) is 29.4 Å². The molecule has 1 aromatic rings. The zero-order chi connectivity index (χ0) is 10.6. The second kappa shape index (κ2) is 4.40. The molecule has 1 rings (SSSR count). The molecular weight excluding hydrogens is 204 g/mol. The molecule has 0 spiro atoms. The van der Waals surface area contributed by atoms with Crippen molar-refractivity contribution in [3.63, 3.8) is 0 Å². The topological polar surface area (TPSA) is 66.9 Å². The Morgan fingerprint density at radius 2 is 2.36 bits per heavy atom. The number of nitrogens with zero attached hydrogens (tertiary/aromatic N) is 2. The molecule has 14 heavy (non-hydrogen) atoms. The van der Waals surface area contributed by atoms with E-state index >= 15 is 0 Å². The minimum atomic E-state index is -0.694. The van der Waals surface area contributed by atoms with E-state index in [1.807, 2.05) is 6.07 Å². The first-order valence-electron chi connectivity index (χ1n) is 3.65. The van der Waals surface area contributed by atoms with Crippen molar-refractivity contribution in [2.24, 2.45) is 0 Å². The summed E-state index contributed by atoms with van der Waals surface area (Å²) < 4.78 is 0. The van der Waals surface area contributed by atoms with Gasteiger partial charge in [-0.25, -0.2) is 0 Å². The molecule has 0 aliphatic rings. The van der Waals surface area contributed by atoms with Crippen molar-refractivity contribution < 1.29 is 4.92 Å². The van der Waals surface area contributed by atoms with Crippen molar-refractivity contribution in [2.45, 2.75) is 0 Å². The van der Waals surface area contributed by atoms with Crippen molar-refractivity contribution in [2.75, 3.05) is 0 Å². The first kappa shape index (κ1) is 10.2. The number of nitriles is 1. The third kappa shape index (κ3) is 2.57. The van der Waals surface area contributed by atoms with E-state index in [1.54, 1.807) is 18.2 Å². The lowest BCUT2D eigenvalue weighted by atomic mass is 10.1. The van der Waals surface area contributed by atoms with Gasteiger partial charge in [-0.1, -0.05) is 12.1 Å². The summed E-state index contributed by atoms with van der Waals surface area (Å²) in [4.78, 5) is 9.50. The molecule has 0 unspecified atom stereocenters. The van der Waals surface area contributed by atoms with Gasteiger partial charge >= 0.3 is 5.16 Å². The highest BCUT2D eigenvalue weighted by molar-refractivity contribution is 6.29. The predicted molar refractivity (Wildman–Crippen MR) is 52.0 cm³/mol. The Balaban J connectivity index is 3.04. The van der Waals surface area contributed by atoms with Crippen LogP contribution >= 0.6 is 11.6 Å². The van der Waals surface area contributed by atoms with Crippen LogP contribution in [0.4, 0.5) is 0 Å². The fraction of sp³-hybridized carbons (Fsp3) is 0. The average molecular weight is 209 g/mol. The van der Waals surface area contributed by atoms with Gasteiger partial charge < -0.3 is 0 Å². The van der Waals surface area contributed by atoms with Crippen LogP contribution in [0.2, 0.25) is 0 Å². The Morgan fingerprint density at radius 3 is 2.93 bits per heavy atom. The Morgan fingerprint density at radius 1 is 1.64 bits per heavy atom. The van der Waals surface area contributed by atoms with E-state index < -0.39 is 10.1 Å². The summed E-state index contributed by atoms with van der Waals surface area (Å²) in [5.41, 5.74) is 0.970. The summed E-state index contributed by atoms with van der Waals surface area (Å²) in [5.74, 6) is 0. The Labute approximate surface area is 85.2 Å². The lowest BCUT2D eigenvalue weighted by Crippen LogP contribution is -1.90. The monoisotopic (exact) mass is 208 g/mol. The second-order valence-corrected chi connectivity index (χ2v) is 2.85. The third-order valence-electron chi connectivity index (χ3n) is 1.48. The fourth-order valence-corrected chi connectivity index (χ4v) is 1.01. The van der Waals surface area contributed by atoms with Crippen molar-refractivity contribution in [3.05, 3.63) is 50.7 Å². The Kier molecular flexibility index (Phi) is 3.21.